The molecule has 0 amide bonds. The van der Waals surface area contributed by atoms with Crippen LogP contribution in [0.3, 0.4) is 0 Å². The molecule has 94 valence electrons. The number of nitrogens with two attached hydrogens (primary N) is 1. The Kier molecular flexibility index (Phi) is 4.97. The molecule has 1 aromatic rings. The average molecular weight is 323 g/mol. The van der Waals surface area contributed by atoms with Gasteiger partial charge >= 0.3 is 0 Å². The Hall–Kier alpha value is -0.590. The van der Waals surface area contributed by atoms with Crippen LogP contribution in [0.5, 0.6) is 0 Å². The van der Waals surface area contributed by atoms with Crippen LogP contribution in [0.25, 0.3) is 0 Å². The van der Waals surface area contributed by atoms with Crippen molar-refractivity contribution in [2.75, 3.05) is 7.05 Å². The van der Waals surface area contributed by atoms with Crippen LogP contribution in [0.2, 0.25) is 0 Å². The van der Waals surface area contributed by atoms with E-state index in [4.69, 9.17) is 18.0 Å². The zero-order chi connectivity index (χ0) is 13.2. The van der Waals surface area contributed by atoms with Gasteiger partial charge in [-0.15, -0.1) is 0 Å². The Bertz CT molecular complexity index is 440. The van der Waals surface area contributed by atoms with E-state index in [1.165, 1.54) is 12.1 Å². The van der Waals surface area contributed by atoms with Gasteiger partial charge in [-0.2, -0.15) is 0 Å². The van der Waals surface area contributed by atoms with Crippen LogP contribution in [0.4, 0.5) is 8.78 Å². The zero-order valence-corrected chi connectivity index (χ0v) is 11.9. The fourth-order valence-corrected chi connectivity index (χ4v) is 1.87. The summed E-state index contributed by atoms with van der Waals surface area (Å²) >= 11 is 7.87. The zero-order valence-electron chi connectivity index (χ0n) is 9.51. The lowest BCUT2D eigenvalue weighted by Crippen LogP contribution is -2.39. The van der Waals surface area contributed by atoms with E-state index < -0.39 is 11.6 Å². The molecule has 0 bridgehead atoms. The normalized spacial score (nSPS) is 12.8. The molecule has 0 saturated carbocycles. The maximum absolute atomic E-state index is 13.7. The molecule has 0 aliphatic rings. The lowest BCUT2D eigenvalue weighted by atomic mass is 10.1. The second-order valence-corrected chi connectivity index (χ2v) is 5.14. The van der Waals surface area contributed by atoms with Gasteiger partial charge in [0.1, 0.15) is 11.6 Å². The van der Waals surface area contributed by atoms with E-state index in [0.29, 0.717) is 4.99 Å². The van der Waals surface area contributed by atoms with Gasteiger partial charge in [0.15, 0.2) is 0 Å². The Morgan fingerprint density at radius 2 is 2.12 bits per heavy atom. The lowest BCUT2D eigenvalue weighted by Gasteiger charge is -2.24. The van der Waals surface area contributed by atoms with Crippen molar-refractivity contribution < 1.29 is 8.78 Å². The van der Waals surface area contributed by atoms with Crippen molar-refractivity contribution >= 4 is 33.1 Å². The van der Waals surface area contributed by atoms with Crippen LogP contribution in [-0.4, -0.2) is 23.0 Å². The maximum Gasteiger partial charge on any atom is 0.144 e. The Morgan fingerprint density at radius 3 is 2.65 bits per heavy atom. The first kappa shape index (κ1) is 14.5. The molecule has 1 unspecified atom stereocenters. The molecule has 17 heavy (non-hydrogen) atoms. The highest BCUT2D eigenvalue weighted by Gasteiger charge is 2.18. The molecule has 1 atom stereocenters. The first-order chi connectivity index (χ1) is 7.84. The van der Waals surface area contributed by atoms with E-state index in [1.807, 2.05) is 0 Å². The van der Waals surface area contributed by atoms with Crippen molar-refractivity contribution in [1.29, 1.82) is 0 Å². The summed E-state index contributed by atoms with van der Waals surface area (Å²) in [5.41, 5.74) is 5.49. The summed E-state index contributed by atoms with van der Waals surface area (Å²) in [6.45, 7) is 1.89. The molecule has 1 rings (SSSR count). The molecule has 0 heterocycles. The number of hydrogen-bond acceptors (Lipinski definition) is 2. The van der Waals surface area contributed by atoms with Gasteiger partial charge in [0.05, 0.1) is 15.5 Å². The van der Waals surface area contributed by atoms with E-state index in [2.05, 4.69) is 15.9 Å². The van der Waals surface area contributed by atoms with Gasteiger partial charge in [-0.3, -0.25) is 4.90 Å². The van der Waals surface area contributed by atoms with Crippen LogP contribution >= 0.6 is 28.1 Å². The van der Waals surface area contributed by atoms with E-state index in [1.54, 1.807) is 18.9 Å². The molecule has 0 radical (unpaired) electrons. The first-order valence-corrected chi connectivity index (χ1v) is 6.16. The van der Waals surface area contributed by atoms with E-state index >= 15 is 0 Å². The summed E-state index contributed by atoms with van der Waals surface area (Å²) in [6.07, 6.45) is 0. The summed E-state index contributed by atoms with van der Waals surface area (Å²) in [5, 5.41) is 0. The summed E-state index contributed by atoms with van der Waals surface area (Å²) in [5.74, 6) is -1.17. The number of rotatable bonds is 4. The van der Waals surface area contributed by atoms with Crippen LogP contribution in [-0.2, 0) is 6.54 Å². The number of likely N-dealkylation sites (N-methyl/N-ethyl adjacent to an activating group) is 1. The fourth-order valence-electron chi connectivity index (χ4n) is 1.32. The number of thiocarbonyl (C=S) groups is 1. The second-order valence-electron chi connectivity index (χ2n) is 3.82. The second kappa shape index (κ2) is 5.84. The summed E-state index contributed by atoms with van der Waals surface area (Å²) in [4.78, 5) is 1.99. The molecule has 0 aliphatic heterocycles. The van der Waals surface area contributed by atoms with Gasteiger partial charge in [0, 0.05) is 12.1 Å². The third-order valence-electron chi connectivity index (χ3n) is 2.62. The van der Waals surface area contributed by atoms with Crippen LogP contribution in [0.15, 0.2) is 16.6 Å². The van der Waals surface area contributed by atoms with Gasteiger partial charge in [0.2, 0.25) is 0 Å². The minimum Gasteiger partial charge on any atom is -0.392 e. The van der Waals surface area contributed by atoms with E-state index in [-0.39, 0.29) is 22.6 Å². The third kappa shape index (κ3) is 3.43. The average Bonchev–Trinajstić information content (AvgIpc) is 2.28. The monoisotopic (exact) mass is 322 g/mol. The summed E-state index contributed by atoms with van der Waals surface area (Å²) in [7, 11) is 1.71. The van der Waals surface area contributed by atoms with Crippen molar-refractivity contribution in [3.63, 3.8) is 0 Å². The number of nitrogens with zero attached hydrogens (tertiary/aromatic N) is 1. The molecule has 0 saturated heterocycles. The van der Waals surface area contributed by atoms with Gasteiger partial charge in [-0.05, 0) is 42.0 Å². The van der Waals surface area contributed by atoms with Crippen LogP contribution in [0, 0.1) is 11.6 Å². The van der Waals surface area contributed by atoms with Gasteiger partial charge < -0.3 is 5.73 Å². The topological polar surface area (TPSA) is 29.3 Å². The molecular weight excluding hydrogens is 310 g/mol. The van der Waals surface area contributed by atoms with Crippen LogP contribution < -0.4 is 5.73 Å². The van der Waals surface area contributed by atoms with Crippen molar-refractivity contribution in [2.24, 2.45) is 5.73 Å². The van der Waals surface area contributed by atoms with Gasteiger partial charge in [-0.25, -0.2) is 8.78 Å². The maximum atomic E-state index is 13.7. The van der Waals surface area contributed by atoms with Gasteiger partial charge in [0.25, 0.3) is 0 Å². The summed E-state index contributed by atoms with van der Waals surface area (Å²) < 4.78 is 27.5. The molecule has 0 aliphatic carbocycles. The molecule has 2 N–H and O–H groups in total. The number of hydrogen-bond donors (Lipinski definition) is 1. The molecule has 2 nitrogen and oxygen atoms in total. The fraction of sp³-hybridized carbons (Fsp3) is 0.364. The minimum absolute atomic E-state index is 0.00461. The van der Waals surface area contributed by atoms with E-state index in [0.717, 1.165) is 0 Å². The highest BCUT2D eigenvalue weighted by Crippen LogP contribution is 2.23. The predicted molar refractivity (Wildman–Crippen MR) is 71.8 cm³/mol. The molecule has 0 spiro atoms. The number of halogens is 3. The summed E-state index contributed by atoms with van der Waals surface area (Å²) in [6, 6.07) is 2.34. The Balaban J connectivity index is 2.96. The van der Waals surface area contributed by atoms with Crippen molar-refractivity contribution in [2.45, 2.75) is 19.5 Å². The SMILES string of the molecule is CC(C(N)=S)N(C)Cc1c(F)ccc(Br)c1F. The Labute approximate surface area is 113 Å². The quantitative estimate of drug-likeness (QED) is 0.682. The molecule has 6 heteroatoms. The number of benzene rings is 1. The van der Waals surface area contributed by atoms with Crippen molar-refractivity contribution in [3.8, 4) is 0 Å². The van der Waals surface area contributed by atoms with E-state index in [9.17, 15) is 8.78 Å². The van der Waals surface area contributed by atoms with Crippen molar-refractivity contribution in [3.05, 3.63) is 33.8 Å². The highest BCUT2D eigenvalue weighted by atomic mass is 79.9. The molecule has 1 aromatic carbocycles. The molecular formula is C11H13BrF2N2S. The molecule has 0 aromatic heterocycles. The minimum atomic E-state index is -0.591. The smallest absolute Gasteiger partial charge is 0.144 e. The highest BCUT2D eigenvalue weighted by molar-refractivity contribution is 9.10. The third-order valence-corrected chi connectivity index (χ3v) is 3.57. The largest absolute Gasteiger partial charge is 0.392 e. The Morgan fingerprint density at radius 1 is 1.53 bits per heavy atom. The van der Waals surface area contributed by atoms with Gasteiger partial charge in [-0.1, -0.05) is 12.2 Å². The standard InChI is InChI=1S/C11H13BrF2N2S/c1-6(11(15)17)16(2)5-7-9(13)4-3-8(12)10(7)14/h3-4,6H,5H2,1-2H3,(H2,15,17). The predicted octanol–water partition coefficient (Wildman–Crippen LogP) is 2.83. The molecule has 0 fully saturated rings. The van der Waals surface area contributed by atoms with Crippen molar-refractivity contribution in [1.82, 2.24) is 4.90 Å². The first-order valence-electron chi connectivity index (χ1n) is 4.96. The lowest BCUT2D eigenvalue weighted by molar-refractivity contribution is 0.293. The van der Waals surface area contributed by atoms with Crippen LogP contribution in [0.1, 0.15) is 12.5 Å².